The Morgan fingerprint density at radius 3 is 2.43 bits per heavy atom. The Balaban J connectivity index is 1.77. The van der Waals surface area contributed by atoms with Gasteiger partial charge in [0.15, 0.2) is 5.82 Å². The van der Waals surface area contributed by atoms with Crippen molar-refractivity contribution in [2.75, 3.05) is 5.32 Å². The van der Waals surface area contributed by atoms with Crippen molar-refractivity contribution in [1.29, 1.82) is 0 Å². The summed E-state index contributed by atoms with van der Waals surface area (Å²) >= 11 is 11.4. The predicted octanol–water partition coefficient (Wildman–Crippen LogP) is 3.70. The van der Waals surface area contributed by atoms with E-state index >= 15 is 0 Å². The Labute approximate surface area is 247 Å². The average Bonchev–Trinajstić information content (AvgIpc) is 3.52. The number of halogens is 4. The molecular weight excluding hydrogens is 597 g/mol. The fourth-order valence-corrected chi connectivity index (χ4v) is 4.11. The van der Waals surface area contributed by atoms with Crippen LogP contribution >= 0.6 is 23.8 Å². The molecule has 0 aliphatic heterocycles. The summed E-state index contributed by atoms with van der Waals surface area (Å²) in [6.07, 6.45) is -3.37. The normalized spacial score (nSPS) is 11.8. The molecule has 0 unspecified atom stereocenters. The van der Waals surface area contributed by atoms with Crippen LogP contribution in [-0.2, 0) is 12.7 Å². The van der Waals surface area contributed by atoms with Gasteiger partial charge in [-0.2, -0.15) is 23.1 Å². The second-order valence-electron chi connectivity index (χ2n) is 10.1. The third-order valence-electron chi connectivity index (χ3n) is 5.53. The van der Waals surface area contributed by atoms with Gasteiger partial charge in [0, 0.05) is 17.3 Å². The quantitative estimate of drug-likeness (QED) is 0.262. The second kappa shape index (κ2) is 11.4. The molecule has 0 radical (unpaired) electrons. The number of hydrogen-bond donors (Lipinski definition) is 3. The van der Waals surface area contributed by atoms with Crippen molar-refractivity contribution < 1.29 is 22.8 Å². The molecule has 1 aromatic carbocycles. The molecule has 0 aliphatic carbocycles. The van der Waals surface area contributed by atoms with Gasteiger partial charge in [-0.3, -0.25) is 9.59 Å². The molecule has 0 saturated carbocycles. The third-order valence-corrected chi connectivity index (χ3v) is 6.06. The zero-order chi connectivity index (χ0) is 31.0. The summed E-state index contributed by atoms with van der Waals surface area (Å²) < 4.78 is 40.0. The van der Waals surface area contributed by atoms with Gasteiger partial charge in [0.05, 0.1) is 22.0 Å². The van der Waals surface area contributed by atoms with Gasteiger partial charge in [-0.25, -0.2) is 9.67 Å². The zero-order valence-corrected chi connectivity index (χ0v) is 24.2. The highest BCUT2D eigenvalue weighted by atomic mass is 35.5. The minimum atomic E-state index is -4.79. The van der Waals surface area contributed by atoms with Gasteiger partial charge in [-0.15, -0.1) is 10.2 Å². The highest BCUT2D eigenvalue weighted by molar-refractivity contribution is 7.80. The highest BCUT2D eigenvalue weighted by Gasteiger charge is 2.37. The van der Waals surface area contributed by atoms with E-state index < -0.39 is 29.4 Å². The summed E-state index contributed by atoms with van der Waals surface area (Å²) in [6, 6.07) is 7.50. The number of amides is 2. The van der Waals surface area contributed by atoms with Crippen LogP contribution in [0.3, 0.4) is 0 Å². The number of nitrogens with one attached hydrogen (secondary N) is 2. The van der Waals surface area contributed by atoms with Crippen LogP contribution in [-0.4, -0.2) is 57.3 Å². The Hall–Kier alpha value is -4.44. The summed E-state index contributed by atoms with van der Waals surface area (Å²) in [5.41, 5.74) is 6.41. The standard InChI is InChI=1S/C25H24ClF3N10O2S/c1-12-8-13(19(30)42)9-15(21(40)33-24(2,3)4)18(12)32-22(41)17-10-14(11-38-36-23(34-37-38)25(27,28)29)35-39(17)20-16(26)6-5-7-31-20/h5-10H,11H2,1-4H3,(H2,30,42)(H,32,41)(H,33,40). The lowest BCUT2D eigenvalue weighted by molar-refractivity contribution is -0.145. The summed E-state index contributed by atoms with van der Waals surface area (Å²) in [6.45, 7) is 6.70. The topological polar surface area (TPSA) is 159 Å². The van der Waals surface area contributed by atoms with E-state index in [9.17, 15) is 22.8 Å². The summed E-state index contributed by atoms with van der Waals surface area (Å²) in [5.74, 6) is -2.57. The number of aryl methyl sites for hydroxylation is 1. The molecule has 4 aromatic rings. The number of nitrogens with two attached hydrogens (primary N) is 1. The van der Waals surface area contributed by atoms with Crippen molar-refractivity contribution in [3.63, 3.8) is 0 Å². The zero-order valence-electron chi connectivity index (χ0n) is 22.6. The first-order chi connectivity index (χ1) is 19.5. The van der Waals surface area contributed by atoms with E-state index in [1.807, 2.05) is 0 Å². The smallest absolute Gasteiger partial charge is 0.389 e. The number of carbonyl (C=O) groups excluding carboxylic acids is 2. The van der Waals surface area contributed by atoms with E-state index in [2.05, 4.69) is 36.1 Å². The number of benzene rings is 1. The molecule has 2 amide bonds. The minimum absolute atomic E-state index is 0.0590. The fourth-order valence-electron chi connectivity index (χ4n) is 3.79. The first-order valence-corrected chi connectivity index (χ1v) is 13.0. The monoisotopic (exact) mass is 620 g/mol. The van der Waals surface area contributed by atoms with Crippen molar-refractivity contribution >= 4 is 46.3 Å². The Kier molecular flexibility index (Phi) is 8.31. The molecule has 220 valence electrons. The van der Waals surface area contributed by atoms with E-state index in [1.54, 1.807) is 39.8 Å². The van der Waals surface area contributed by atoms with E-state index in [-0.39, 0.29) is 45.0 Å². The number of aromatic nitrogens is 7. The molecular formula is C25H24ClF3N10O2S. The van der Waals surface area contributed by atoms with Gasteiger partial charge in [0.1, 0.15) is 17.2 Å². The van der Waals surface area contributed by atoms with Crippen LogP contribution in [0.25, 0.3) is 5.82 Å². The molecule has 0 atom stereocenters. The lowest BCUT2D eigenvalue weighted by Gasteiger charge is -2.23. The van der Waals surface area contributed by atoms with Crippen LogP contribution in [0, 0.1) is 6.92 Å². The summed E-state index contributed by atoms with van der Waals surface area (Å²) in [5, 5.41) is 19.8. The first kappa shape index (κ1) is 30.5. The largest absolute Gasteiger partial charge is 0.455 e. The van der Waals surface area contributed by atoms with Gasteiger partial charge >= 0.3 is 6.18 Å². The highest BCUT2D eigenvalue weighted by Crippen LogP contribution is 2.27. The van der Waals surface area contributed by atoms with Crippen molar-refractivity contribution in [2.45, 2.75) is 46.0 Å². The molecule has 3 heterocycles. The van der Waals surface area contributed by atoms with Crippen LogP contribution in [0.5, 0.6) is 0 Å². The third kappa shape index (κ3) is 6.88. The van der Waals surface area contributed by atoms with Crippen LogP contribution in [0.4, 0.5) is 18.9 Å². The summed E-state index contributed by atoms with van der Waals surface area (Å²) in [4.78, 5) is 31.9. The van der Waals surface area contributed by atoms with E-state index in [1.165, 1.54) is 24.4 Å². The van der Waals surface area contributed by atoms with Gasteiger partial charge in [-0.1, -0.05) is 23.8 Å². The molecule has 4 N–H and O–H groups in total. The average molecular weight is 621 g/mol. The molecule has 0 bridgehead atoms. The van der Waals surface area contributed by atoms with Gasteiger partial charge in [0.2, 0.25) is 0 Å². The number of hydrogen-bond acceptors (Lipinski definition) is 8. The molecule has 42 heavy (non-hydrogen) atoms. The molecule has 17 heteroatoms. The number of nitrogens with zero attached hydrogens (tertiary/aromatic N) is 7. The van der Waals surface area contributed by atoms with Crippen LogP contribution in [0.2, 0.25) is 5.02 Å². The Morgan fingerprint density at radius 1 is 1.12 bits per heavy atom. The second-order valence-corrected chi connectivity index (χ2v) is 11.0. The summed E-state index contributed by atoms with van der Waals surface area (Å²) in [7, 11) is 0. The maximum Gasteiger partial charge on any atom is 0.455 e. The predicted molar refractivity (Wildman–Crippen MR) is 151 cm³/mol. The van der Waals surface area contributed by atoms with E-state index in [4.69, 9.17) is 29.6 Å². The van der Waals surface area contributed by atoms with Gasteiger partial charge in [-0.05, 0) is 68.8 Å². The van der Waals surface area contributed by atoms with Crippen LogP contribution in [0.1, 0.15) is 64.3 Å². The van der Waals surface area contributed by atoms with Gasteiger partial charge < -0.3 is 16.4 Å². The Bertz CT molecular complexity index is 1690. The first-order valence-electron chi connectivity index (χ1n) is 12.2. The molecule has 0 fully saturated rings. The number of alkyl halides is 3. The van der Waals surface area contributed by atoms with Crippen molar-refractivity contribution in [3.05, 3.63) is 75.5 Å². The minimum Gasteiger partial charge on any atom is -0.389 e. The van der Waals surface area contributed by atoms with E-state index in [0.717, 1.165) is 4.68 Å². The van der Waals surface area contributed by atoms with Crippen LogP contribution in [0.15, 0.2) is 36.5 Å². The van der Waals surface area contributed by atoms with Crippen molar-refractivity contribution in [3.8, 4) is 5.82 Å². The fraction of sp³-hybridized carbons (Fsp3) is 0.280. The lowest BCUT2D eigenvalue weighted by atomic mass is 10.0. The number of pyridine rings is 1. The molecule has 0 spiro atoms. The number of rotatable bonds is 7. The SMILES string of the molecule is Cc1cc(C(N)=S)cc(C(=O)NC(C)(C)C)c1NC(=O)c1cc(Cn2nnc(C(F)(F)F)n2)nn1-c1ncccc1Cl. The molecule has 3 aromatic heterocycles. The maximum atomic E-state index is 13.7. The molecule has 4 rings (SSSR count). The lowest BCUT2D eigenvalue weighted by Crippen LogP contribution is -2.41. The number of tetrazole rings is 1. The molecule has 0 aliphatic rings. The van der Waals surface area contributed by atoms with Crippen molar-refractivity contribution in [1.82, 2.24) is 40.3 Å². The van der Waals surface area contributed by atoms with Crippen molar-refractivity contribution in [2.24, 2.45) is 5.73 Å². The number of thiocarbonyl (C=S) groups is 1. The number of anilines is 1. The van der Waals surface area contributed by atoms with E-state index in [0.29, 0.717) is 15.9 Å². The maximum absolute atomic E-state index is 13.7. The van der Waals surface area contributed by atoms with Crippen LogP contribution < -0.4 is 16.4 Å². The molecule has 0 saturated heterocycles. The number of carbonyl (C=O) groups is 2. The van der Waals surface area contributed by atoms with Gasteiger partial charge in [0.25, 0.3) is 17.6 Å². The Morgan fingerprint density at radius 2 is 1.83 bits per heavy atom. The molecule has 12 nitrogen and oxygen atoms in total.